The van der Waals surface area contributed by atoms with Gasteiger partial charge in [-0.05, 0) is 18.8 Å². The Morgan fingerprint density at radius 2 is 1.96 bits per heavy atom. The normalized spacial score (nSPS) is 24.7. The highest BCUT2D eigenvalue weighted by Crippen LogP contribution is 2.24. The molecule has 2 aliphatic rings. The summed E-state index contributed by atoms with van der Waals surface area (Å²) in [6.07, 6.45) is 4.56. The minimum absolute atomic E-state index is 0.140. The summed E-state index contributed by atoms with van der Waals surface area (Å²) < 4.78 is 6.76. The number of carbonyl (C=O) groups is 2. The molecule has 0 aromatic carbocycles. The Morgan fingerprint density at radius 1 is 1.25 bits per heavy atom. The Morgan fingerprint density at radius 3 is 2.67 bits per heavy atom. The number of rotatable bonds is 3. The number of carbonyl (C=O) groups excluding carboxylic acids is 2. The number of aromatic nitrogens is 2. The first-order valence-corrected chi connectivity index (χ1v) is 8.78. The molecule has 1 saturated heterocycles. The zero-order valence-electron chi connectivity index (χ0n) is 14.5. The minimum Gasteiger partial charge on any atom is -0.378 e. The maximum atomic E-state index is 12.6. The van der Waals surface area contributed by atoms with Gasteiger partial charge in [0, 0.05) is 32.2 Å². The Bertz CT molecular complexity index is 607. The smallest absolute Gasteiger partial charge is 0.274 e. The van der Waals surface area contributed by atoms with E-state index in [0.717, 1.165) is 19.3 Å². The number of hydrogen-bond acceptors (Lipinski definition) is 4. The first-order chi connectivity index (χ1) is 11.6. The predicted molar refractivity (Wildman–Crippen MR) is 88.8 cm³/mol. The molecule has 0 radical (unpaired) electrons. The van der Waals surface area contributed by atoms with Crippen LogP contribution in [0.3, 0.4) is 0 Å². The summed E-state index contributed by atoms with van der Waals surface area (Å²) in [4.78, 5) is 26.8. The molecule has 2 amide bonds. The highest BCUT2D eigenvalue weighted by Gasteiger charge is 2.27. The van der Waals surface area contributed by atoms with Gasteiger partial charge in [0.05, 0.1) is 13.2 Å². The van der Waals surface area contributed by atoms with Gasteiger partial charge in [-0.3, -0.25) is 14.3 Å². The van der Waals surface area contributed by atoms with E-state index < -0.39 is 0 Å². The number of nitrogens with zero attached hydrogens (tertiary/aromatic N) is 3. The Hall–Kier alpha value is -1.89. The van der Waals surface area contributed by atoms with Gasteiger partial charge in [-0.15, -0.1) is 0 Å². The SMILES string of the molecule is C[C@@H]1CCCC[C@@H]1NC(=O)c1cc(C(=O)N2CCOCC2)nn1C. The van der Waals surface area contributed by atoms with Gasteiger partial charge in [-0.25, -0.2) is 0 Å². The van der Waals surface area contributed by atoms with Crippen molar-refractivity contribution in [3.8, 4) is 0 Å². The maximum absolute atomic E-state index is 12.6. The van der Waals surface area contributed by atoms with E-state index in [-0.39, 0.29) is 17.9 Å². The lowest BCUT2D eigenvalue weighted by atomic mass is 9.86. The molecule has 2 atom stereocenters. The van der Waals surface area contributed by atoms with Crippen LogP contribution in [0.1, 0.15) is 53.6 Å². The third-order valence-corrected chi connectivity index (χ3v) is 5.06. The topological polar surface area (TPSA) is 76.5 Å². The Labute approximate surface area is 142 Å². The van der Waals surface area contributed by atoms with E-state index in [0.29, 0.717) is 43.6 Å². The maximum Gasteiger partial charge on any atom is 0.274 e. The molecule has 0 bridgehead atoms. The lowest BCUT2D eigenvalue weighted by Gasteiger charge is -2.29. The lowest BCUT2D eigenvalue weighted by molar-refractivity contribution is 0.0298. The van der Waals surface area contributed by atoms with Crippen LogP contribution >= 0.6 is 0 Å². The number of amides is 2. The van der Waals surface area contributed by atoms with E-state index in [1.54, 1.807) is 18.0 Å². The highest BCUT2D eigenvalue weighted by molar-refractivity contribution is 5.98. The molecule has 1 aliphatic heterocycles. The van der Waals surface area contributed by atoms with Crippen molar-refractivity contribution in [2.45, 2.75) is 38.6 Å². The lowest BCUT2D eigenvalue weighted by Crippen LogP contribution is -2.41. The third kappa shape index (κ3) is 3.61. The summed E-state index contributed by atoms with van der Waals surface area (Å²) >= 11 is 0. The monoisotopic (exact) mass is 334 g/mol. The number of morpholine rings is 1. The van der Waals surface area contributed by atoms with Crippen LogP contribution in [0, 0.1) is 5.92 Å². The van der Waals surface area contributed by atoms with Gasteiger partial charge in [0.15, 0.2) is 5.69 Å². The van der Waals surface area contributed by atoms with Crippen LogP contribution in [0.15, 0.2) is 6.07 Å². The van der Waals surface area contributed by atoms with Crippen LogP contribution in [-0.4, -0.2) is 58.8 Å². The van der Waals surface area contributed by atoms with E-state index in [1.165, 1.54) is 11.1 Å². The average Bonchev–Trinajstić information content (AvgIpc) is 2.99. The van der Waals surface area contributed by atoms with Gasteiger partial charge in [-0.2, -0.15) is 5.10 Å². The third-order valence-electron chi connectivity index (χ3n) is 5.06. The van der Waals surface area contributed by atoms with Crippen LogP contribution in [0.2, 0.25) is 0 Å². The molecule has 1 aliphatic carbocycles. The first-order valence-electron chi connectivity index (χ1n) is 8.78. The average molecular weight is 334 g/mol. The summed E-state index contributed by atoms with van der Waals surface area (Å²) in [5, 5.41) is 7.36. The van der Waals surface area contributed by atoms with Crippen LogP contribution < -0.4 is 5.32 Å². The summed E-state index contributed by atoms with van der Waals surface area (Å²) in [5.74, 6) is 0.203. The second kappa shape index (κ2) is 7.34. The molecular weight excluding hydrogens is 308 g/mol. The Balaban J connectivity index is 1.68. The number of nitrogens with one attached hydrogen (secondary N) is 1. The van der Waals surface area contributed by atoms with Crippen LogP contribution in [0.4, 0.5) is 0 Å². The van der Waals surface area contributed by atoms with Crippen LogP contribution in [-0.2, 0) is 11.8 Å². The van der Waals surface area contributed by atoms with Gasteiger partial charge >= 0.3 is 0 Å². The second-order valence-corrected chi connectivity index (χ2v) is 6.78. The van der Waals surface area contributed by atoms with Crippen molar-refractivity contribution < 1.29 is 14.3 Å². The van der Waals surface area contributed by atoms with Crippen molar-refractivity contribution >= 4 is 11.8 Å². The quantitative estimate of drug-likeness (QED) is 0.901. The molecule has 24 heavy (non-hydrogen) atoms. The van der Waals surface area contributed by atoms with Gasteiger partial charge in [-0.1, -0.05) is 19.8 Å². The van der Waals surface area contributed by atoms with Crippen molar-refractivity contribution in [3.05, 3.63) is 17.5 Å². The van der Waals surface area contributed by atoms with Gasteiger partial charge in [0.25, 0.3) is 11.8 Å². The van der Waals surface area contributed by atoms with E-state index >= 15 is 0 Å². The Kier molecular flexibility index (Phi) is 5.18. The van der Waals surface area contributed by atoms with Crippen molar-refractivity contribution in [2.75, 3.05) is 26.3 Å². The largest absolute Gasteiger partial charge is 0.378 e. The molecule has 1 aromatic heterocycles. The molecule has 1 aromatic rings. The fourth-order valence-electron chi connectivity index (χ4n) is 3.49. The highest BCUT2D eigenvalue weighted by atomic mass is 16.5. The summed E-state index contributed by atoms with van der Waals surface area (Å²) in [6.45, 7) is 4.41. The summed E-state index contributed by atoms with van der Waals surface area (Å²) in [7, 11) is 1.70. The number of aryl methyl sites for hydroxylation is 1. The van der Waals surface area contributed by atoms with Crippen molar-refractivity contribution in [1.29, 1.82) is 0 Å². The van der Waals surface area contributed by atoms with Crippen LogP contribution in [0.5, 0.6) is 0 Å². The summed E-state index contributed by atoms with van der Waals surface area (Å²) in [5.41, 5.74) is 0.755. The molecule has 2 fully saturated rings. The molecule has 7 nitrogen and oxygen atoms in total. The molecule has 3 rings (SSSR count). The number of hydrogen-bond donors (Lipinski definition) is 1. The standard InChI is InChI=1S/C17H26N4O3/c1-12-5-3-4-6-13(12)18-16(22)15-11-14(19-20(15)2)17(23)21-7-9-24-10-8-21/h11-13H,3-10H2,1-2H3,(H,18,22)/t12-,13+/m1/s1. The fraction of sp³-hybridized carbons (Fsp3) is 0.706. The van der Waals surface area contributed by atoms with E-state index in [1.807, 2.05) is 0 Å². The van der Waals surface area contributed by atoms with E-state index in [4.69, 9.17) is 4.74 Å². The molecular formula is C17H26N4O3. The van der Waals surface area contributed by atoms with Crippen molar-refractivity contribution in [1.82, 2.24) is 20.0 Å². The van der Waals surface area contributed by atoms with Gasteiger partial charge in [0.1, 0.15) is 5.69 Å². The molecule has 0 spiro atoms. The minimum atomic E-state index is -0.148. The second-order valence-electron chi connectivity index (χ2n) is 6.78. The van der Waals surface area contributed by atoms with Gasteiger partial charge in [0.2, 0.25) is 0 Å². The fourth-order valence-corrected chi connectivity index (χ4v) is 3.49. The number of ether oxygens (including phenoxy) is 1. The molecule has 1 N–H and O–H groups in total. The molecule has 2 heterocycles. The molecule has 7 heteroatoms. The van der Waals surface area contributed by atoms with Gasteiger partial charge < -0.3 is 15.0 Å². The molecule has 132 valence electrons. The molecule has 0 unspecified atom stereocenters. The first kappa shape index (κ1) is 17.0. The van der Waals surface area contributed by atoms with Crippen molar-refractivity contribution in [3.63, 3.8) is 0 Å². The van der Waals surface area contributed by atoms with E-state index in [2.05, 4.69) is 17.3 Å². The van der Waals surface area contributed by atoms with E-state index in [9.17, 15) is 9.59 Å². The zero-order valence-corrected chi connectivity index (χ0v) is 14.5. The van der Waals surface area contributed by atoms with Crippen molar-refractivity contribution in [2.24, 2.45) is 13.0 Å². The predicted octanol–water partition coefficient (Wildman–Crippen LogP) is 1.20. The zero-order chi connectivity index (χ0) is 17.1. The van der Waals surface area contributed by atoms with Crippen LogP contribution in [0.25, 0.3) is 0 Å². The molecule has 1 saturated carbocycles. The summed E-state index contributed by atoms with van der Waals surface area (Å²) in [6, 6.07) is 1.81.